The Morgan fingerprint density at radius 2 is 1.91 bits per heavy atom. The Kier molecular flexibility index (Phi) is 3.41. The van der Waals surface area contributed by atoms with E-state index in [1.165, 1.54) is 0 Å². The van der Waals surface area contributed by atoms with Gasteiger partial charge >= 0.3 is 5.97 Å². The van der Waals surface area contributed by atoms with Gasteiger partial charge in [-0.3, -0.25) is 0 Å². The first-order valence-electron chi connectivity index (χ1n) is 7.19. The van der Waals surface area contributed by atoms with Crippen LogP contribution in [0.2, 0.25) is 0 Å². The fourth-order valence-electron chi connectivity index (χ4n) is 2.61. The van der Waals surface area contributed by atoms with E-state index in [0.717, 1.165) is 11.1 Å². The Morgan fingerprint density at radius 1 is 1.23 bits per heavy atom. The topological polar surface area (TPSA) is 68.0 Å². The first kappa shape index (κ1) is 14.3. The summed E-state index contributed by atoms with van der Waals surface area (Å²) in [7, 11) is 0. The largest absolute Gasteiger partial charge is 0.478 e. The van der Waals surface area contributed by atoms with Crippen LogP contribution in [0, 0.1) is 13.8 Å². The molecule has 3 rings (SSSR count). The smallest absolute Gasteiger partial charge is 0.336 e. The number of nitrogens with zero attached hydrogens (tertiary/aromatic N) is 3. The van der Waals surface area contributed by atoms with Crippen LogP contribution in [-0.4, -0.2) is 25.8 Å². The Hall–Kier alpha value is -2.69. The number of aromatic carboxylic acids is 1. The van der Waals surface area contributed by atoms with Crippen LogP contribution in [0.3, 0.4) is 0 Å². The van der Waals surface area contributed by atoms with Gasteiger partial charge in [-0.25, -0.2) is 14.5 Å². The molecule has 2 heterocycles. The summed E-state index contributed by atoms with van der Waals surface area (Å²) in [6.07, 6.45) is 0. The molecule has 2 aromatic heterocycles. The number of hydrogen-bond donors (Lipinski definition) is 1. The monoisotopic (exact) mass is 295 g/mol. The van der Waals surface area contributed by atoms with Crippen LogP contribution in [-0.2, 0) is 6.54 Å². The second-order valence-electron chi connectivity index (χ2n) is 5.33. The number of pyridine rings is 1. The van der Waals surface area contributed by atoms with E-state index in [1.807, 2.05) is 45.0 Å². The van der Waals surface area contributed by atoms with Crippen LogP contribution in [0.5, 0.6) is 0 Å². The first-order chi connectivity index (χ1) is 10.5. The Balaban J connectivity index is 2.33. The maximum atomic E-state index is 11.6. The van der Waals surface area contributed by atoms with Crippen molar-refractivity contribution >= 4 is 17.0 Å². The number of aromatic nitrogens is 3. The quantitative estimate of drug-likeness (QED) is 0.803. The number of carbonyl (C=O) groups is 1. The van der Waals surface area contributed by atoms with Crippen molar-refractivity contribution in [2.45, 2.75) is 27.3 Å². The second kappa shape index (κ2) is 5.26. The summed E-state index contributed by atoms with van der Waals surface area (Å²) < 4.78 is 1.74. The summed E-state index contributed by atoms with van der Waals surface area (Å²) >= 11 is 0. The lowest BCUT2D eigenvalue weighted by Crippen LogP contribution is -2.02. The van der Waals surface area contributed by atoms with Gasteiger partial charge in [0.2, 0.25) is 0 Å². The third-order valence-corrected chi connectivity index (χ3v) is 3.75. The Morgan fingerprint density at radius 3 is 2.50 bits per heavy atom. The van der Waals surface area contributed by atoms with E-state index in [-0.39, 0.29) is 5.56 Å². The number of carboxylic acids is 1. The molecule has 1 aromatic carbocycles. The van der Waals surface area contributed by atoms with E-state index in [4.69, 9.17) is 0 Å². The van der Waals surface area contributed by atoms with Gasteiger partial charge < -0.3 is 5.11 Å². The molecular formula is C17H17N3O2. The van der Waals surface area contributed by atoms with Crippen molar-refractivity contribution in [2.75, 3.05) is 0 Å². The predicted molar refractivity (Wildman–Crippen MR) is 85.1 cm³/mol. The summed E-state index contributed by atoms with van der Waals surface area (Å²) in [5, 5.41) is 14.5. The molecule has 0 amide bonds. The molecule has 0 aliphatic carbocycles. The van der Waals surface area contributed by atoms with Gasteiger partial charge in [-0.15, -0.1) is 0 Å². The molecule has 5 nitrogen and oxygen atoms in total. The average molecular weight is 295 g/mol. The van der Waals surface area contributed by atoms with Gasteiger partial charge in [0.25, 0.3) is 0 Å². The minimum Gasteiger partial charge on any atom is -0.478 e. The standard InChI is InChI=1S/C17H17N3O2/c1-4-20-16-15(11(3)19-20)13(17(21)22)9-14(18-16)12-7-5-10(2)6-8-12/h5-9H,4H2,1-3H3,(H,21,22). The fourth-order valence-corrected chi connectivity index (χ4v) is 2.61. The summed E-state index contributed by atoms with van der Waals surface area (Å²) in [6, 6.07) is 9.52. The SMILES string of the molecule is CCn1nc(C)c2c(C(=O)O)cc(-c3ccc(C)cc3)nc21. The first-order valence-corrected chi connectivity index (χ1v) is 7.19. The highest BCUT2D eigenvalue weighted by Gasteiger charge is 2.19. The average Bonchev–Trinajstić information content (AvgIpc) is 2.83. The number of fused-ring (bicyclic) bond motifs is 1. The molecule has 0 unspecified atom stereocenters. The molecule has 0 saturated heterocycles. The number of benzene rings is 1. The van der Waals surface area contributed by atoms with Crippen LogP contribution in [0.15, 0.2) is 30.3 Å². The lowest BCUT2D eigenvalue weighted by Gasteiger charge is -2.06. The fraction of sp³-hybridized carbons (Fsp3) is 0.235. The highest BCUT2D eigenvalue weighted by Crippen LogP contribution is 2.27. The van der Waals surface area contributed by atoms with Crippen molar-refractivity contribution < 1.29 is 9.90 Å². The van der Waals surface area contributed by atoms with Crippen LogP contribution in [0.4, 0.5) is 0 Å². The Labute approximate surface area is 128 Å². The van der Waals surface area contributed by atoms with Crippen LogP contribution in [0.1, 0.15) is 28.5 Å². The van der Waals surface area contributed by atoms with Crippen LogP contribution < -0.4 is 0 Å². The third kappa shape index (κ3) is 2.24. The zero-order valence-corrected chi connectivity index (χ0v) is 12.8. The molecular weight excluding hydrogens is 278 g/mol. The molecule has 0 aliphatic heterocycles. The maximum absolute atomic E-state index is 11.6. The number of carboxylic acid groups (broad SMARTS) is 1. The minimum absolute atomic E-state index is 0.248. The highest BCUT2D eigenvalue weighted by molar-refractivity contribution is 6.04. The van der Waals surface area contributed by atoms with Gasteiger partial charge in [0.1, 0.15) is 0 Å². The van der Waals surface area contributed by atoms with Gasteiger partial charge in [0.15, 0.2) is 5.65 Å². The molecule has 0 fully saturated rings. The lowest BCUT2D eigenvalue weighted by atomic mass is 10.0. The molecule has 0 atom stereocenters. The zero-order chi connectivity index (χ0) is 15.9. The van der Waals surface area contributed by atoms with E-state index < -0.39 is 5.97 Å². The van der Waals surface area contributed by atoms with E-state index in [9.17, 15) is 9.90 Å². The zero-order valence-electron chi connectivity index (χ0n) is 12.8. The number of hydrogen-bond acceptors (Lipinski definition) is 3. The molecule has 0 radical (unpaired) electrons. The molecule has 5 heteroatoms. The van der Waals surface area contributed by atoms with Gasteiger partial charge in [-0.1, -0.05) is 29.8 Å². The van der Waals surface area contributed by atoms with E-state index in [0.29, 0.717) is 29.0 Å². The summed E-state index contributed by atoms with van der Waals surface area (Å²) in [6.45, 7) is 6.44. The van der Waals surface area contributed by atoms with E-state index in [2.05, 4.69) is 10.1 Å². The van der Waals surface area contributed by atoms with Crippen LogP contribution >= 0.6 is 0 Å². The normalized spacial score (nSPS) is 11.0. The molecule has 1 N–H and O–H groups in total. The summed E-state index contributed by atoms with van der Waals surface area (Å²) in [5.74, 6) is -0.959. The molecule has 0 aliphatic rings. The molecule has 0 spiro atoms. The highest BCUT2D eigenvalue weighted by atomic mass is 16.4. The molecule has 112 valence electrons. The summed E-state index contributed by atoms with van der Waals surface area (Å²) in [5.41, 5.74) is 4.26. The number of aryl methyl sites for hydroxylation is 3. The van der Waals surface area contributed by atoms with Crippen molar-refractivity contribution in [3.8, 4) is 11.3 Å². The predicted octanol–water partition coefficient (Wildman–Crippen LogP) is 3.43. The van der Waals surface area contributed by atoms with Crippen molar-refractivity contribution in [3.05, 3.63) is 47.2 Å². The summed E-state index contributed by atoms with van der Waals surface area (Å²) in [4.78, 5) is 16.3. The molecule has 0 saturated carbocycles. The molecule has 3 aromatic rings. The van der Waals surface area contributed by atoms with E-state index in [1.54, 1.807) is 10.7 Å². The lowest BCUT2D eigenvalue weighted by molar-refractivity contribution is 0.0699. The van der Waals surface area contributed by atoms with Crippen molar-refractivity contribution in [2.24, 2.45) is 0 Å². The second-order valence-corrected chi connectivity index (χ2v) is 5.33. The van der Waals surface area contributed by atoms with Gasteiger partial charge in [-0.2, -0.15) is 5.10 Å². The van der Waals surface area contributed by atoms with Crippen molar-refractivity contribution in [1.82, 2.24) is 14.8 Å². The maximum Gasteiger partial charge on any atom is 0.336 e. The van der Waals surface area contributed by atoms with Crippen LogP contribution in [0.25, 0.3) is 22.3 Å². The number of rotatable bonds is 3. The molecule has 22 heavy (non-hydrogen) atoms. The van der Waals surface area contributed by atoms with Gasteiger partial charge in [-0.05, 0) is 26.8 Å². The third-order valence-electron chi connectivity index (χ3n) is 3.75. The van der Waals surface area contributed by atoms with Gasteiger partial charge in [0.05, 0.1) is 22.3 Å². The van der Waals surface area contributed by atoms with Crippen molar-refractivity contribution in [1.29, 1.82) is 0 Å². The van der Waals surface area contributed by atoms with E-state index >= 15 is 0 Å². The minimum atomic E-state index is -0.959. The van der Waals surface area contributed by atoms with Gasteiger partial charge in [0, 0.05) is 12.1 Å². The Bertz CT molecular complexity index is 864. The molecule has 0 bridgehead atoms. The van der Waals surface area contributed by atoms with Crippen molar-refractivity contribution in [3.63, 3.8) is 0 Å².